The smallest absolute Gasteiger partial charge is 0.409 e. The van der Waals surface area contributed by atoms with E-state index >= 15 is 0 Å². The lowest BCUT2D eigenvalue weighted by Gasteiger charge is -2.21. The molecule has 2 N–H and O–H groups in total. The maximum Gasteiger partial charge on any atom is 0.409 e. The number of nitrogens with zero attached hydrogens (tertiary/aromatic N) is 3. The lowest BCUT2D eigenvalue weighted by molar-refractivity contribution is -0.117. The van der Waals surface area contributed by atoms with Crippen LogP contribution in [0.15, 0.2) is 41.4 Å². The standard InChI is InChI=1S/C12H13N3O2.C7H5Cl2NO2/c16-9-7-8(13-1-2-13)12(17)11(15-5-6-15)10(9)14-3-4-14;8-4-1-5(9)3-6(2-4)10-7(11)12/h7H,1-6H2;1-3,10H,(H,11,12). The van der Waals surface area contributed by atoms with Crippen LogP contribution < -0.4 is 5.32 Å². The third kappa shape index (κ3) is 4.65. The first-order valence-corrected chi connectivity index (χ1v) is 9.85. The molecule has 0 bridgehead atoms. The van der Waals surface area contributed by atoms with Gasteiger partial charge in [-0.3, -0.25) is 14.9 Å². The summed E-state index contributed by atoms with van der Waals surface area (Å²) in [6, 6.07) is 4.47. The lowest BCUT2D eigenvalue weighted by atomic mass is 10.0. The topological polar surface area (TPSA) is 92.5 Å². The molecule has 4 aliphatic rings. The molecule has 5 rings (SSSR count). The molecule has 0 unspecified atom stereocenters. The van der Waals surface area contributed by atoms with Gasteiger partial charge in [0.25, 0.3) is 0 Å². The van der Waals surface area contributed by atoms with E-state index in [1.807, 2.05) is 14.7 Å². The molecule has 0 aromatic heterocycles. The van der Waals surface area contributed by atoms with Gasteiger partial charge in [0.2, 0.25) is 11.6 Å². The van der Waals surface area contributed by atoms with Gasteiger partial charge in [0.05, 0.1) is 5.70 Å². The fraction of sp³-hybridized carbons (Fsp3) is 0.316. The lowest BCUT2D eigenvalue weighted by Crippen LogP contribution is -2.29. The van der Waals surface area contributed by atoms with Gasteiger partial charge in [0, 0.05) is 61.1 Å². The van der Waals surface area contributed by atoms with Crippen molar-refractivity contribution in [3.63, 3.8) is 0 Å². The molecule has 3 saturated heterocycles. The van der Waals surface area contributed by atoms with E-state index < -0.39 is 6.09 Å². The zero-order valence-electron chi connectivity index (χ0n) is 15.3. The molecule has 1 aromatic carbocycles. The second-order valence-electron chi connectivity index (χ2n) is 6.97. The van der Waals surface area contributed by atoms with Crippen molar-refractivity contribution in [1.29, 1.82) is 0 Å². The Bertz CT molecular complexity index is 943. The molecule has 29 heavy (non-hydrogen) atoms. The molecule has 152 valence electrons. The molecule has 3 fully saturated rings. The van der Waals surface area contributed by atoms with Crippen LogP contribution in [0.4, 0.5) is 10.5 Å². The zero-order chi connectivity index (χ0) is 20.7. The second-order valence-corrected chi connectivity index (χ2v) is 7.84. The van der Waals surface area contributed by atoms with Gasteiger partial charge in [0.15, 0.2) is 0 Å². The van der Waals surface area contributed by atoms with Gasteiger partial charge in [-0.1, -0.05) is 23.2 Å². The highest BCUT2D eigenvalue weighted by atomic mass is 35.5. The minimum Gasteiger partial charge on any atom is -0.465 e. The first kappa shape index (κ1) is 19.6. The van der Waals surface area contributed by atoms with E-state index in [2.05, 4.69) is 5.32 Å². The molecule has 8 nitrogen and oxygen atoms in total. The van der Waals surface area contributed by atoms with Crippen LogP contribution in [-0.2, 0) is 9.59 Å². The van der Waals surface area contributed by atoms with Gasteiger partial charge >= 0.3 is 6.09 Å². The van der Waals surface area contributed by atoms with Crippen LogP contribution in [0.5, 0.6) is 0 Å². The van der Waals surface area contributed by atoms with Crippen molar-refractivity contribution in [3.05, 3.63) is 51.4 Å². The molecule has 0 radical (unpaired) electrons. The Kier molecular flexibility index (Phi) is 5.14. The minimum atomic E-state index is -1.15. The summed E-state index contributed by atoms with van der Waals surface area (Å²) in [5.41, 5.74) is 2.25. The summed E-state index contributed by atoms with van der Waals surface area (Å²) in [6.45, 7) is 5.41. The second kappa shape index (κ2) is 7.61. The number of nitrogens with one attached hydrogen (secondary N) is 1. The van der Waals surface area contributed by atoms with Gasteiger partial charge in [-0.2, -0.15) is 0 Å². The number of ketones is 2. The van der Waals surface area contributed by atoms with Crippen LogP contribution in [0.1, 0.15) is 0 Å². The Balaban J connectivity index is 0.000000152. The molecular weight excluding hydrogens is 419 g/mol. The molecule has 0 saturated carbocycles. The van der Waals surface area contributed by atoms with Gasteiger partial charge in [-0.05, 0) is 18.2 Å². The number of amides is 1. The number of Topliss-reactive ketones (excluding diaryl/α,β-unsaturated/α-hetero) is 1. The number of halogens is 2. The Hall–Kier alpha value is -2.71. The van der Waals surface area contributed by atoms with E-state index in [1.165, 1.54) is 24.3 Å². The number of carbonyl (C=O) groups excluding carboxylic acids is 2. The largest absolute Gasteiger partial charge is 0.465 e. The van der Waals surface area contributed by atoms with Gasteiger partial charge in [-0.15, -0.1) is 0 Å². The van der Waals surface area contributed by atoms with Crippen molar-refractivity contribution in [2.24, 2.45) is 0 Å². The van der Waals surface area contributed by atoms with Crippen molar-refractivity contribution in [2.45, 2.75) is 0 Å². The van der Waals surface area contributed by atoms with E-state index in [-0.39, 0.29) is 11.6 Å². The summed E-state index contributed by atoms with van der Waals surface area (Å²) in [5, 5.41) is 11.3. The third-order valence-electron chi connectivity index (χ3n) is 4.60. The molecule has 3 aliphatic heterocycles. The van der Waals surface area contributed by atoms with Crippen LogP contribution in [0.3, 0.4) is 0 Å². The Morgan fingerprint density at radius 2 is 1.38 bits per heavy atom. The fourth-order valence-electron chi connectivity index (χ4n) is 3.03. The molecule has 0 atom stereocenters. The van der Waals surface area contributed by atoms with Crippen molar-refractivity contribution >= 4 is 46.5 Å². The van der Waals surface area contributed by atoms with Crippen LogP contribution >= 0.6 is 23.2 Å². The van der Waals surface area contributed by atoms with E-state index in [9.17, 15) is 14.4 Å². The molecule has 3 heterocycles. The molecule has 10 heteroatoms. The average molecular weight is 437 g/mol. The highest BCUT2D eigenvalue weighted by Crippen LogP contribution is 2.33. The molecular formula is C19H18Cl2N4O4. The number of hydrogen-bond acceptors (Lipinski definition) is 6. The highest BCUT2D eigenvalue weighted by molar-refractivity contribution is 6.35. The fourth-order valence-corrected chi connectivity index (χ4v) is 3.55. The number of carboxylic acid groups (broad SMARTS) is 1. The highest BCUT2D eigenvalue weighted by Gasteiger charge is 2.43. The molecule has 1 aliphatic carbocycles. The number of carbonyl (C=O) groups is 3. The predicted octanol–water partition coefficient (Wildman–Crippen LogP) is 2.26. The van der Waals surface area contributed by atoms with Gasteiger partial charge in [-0.25, -0.2) is 4.79 Å². The summed E-state index contributed by atoms with van der Waals surface area (Å²) in [5.74, 6) is 0.0485. The molecule has 1 aromatic rings. The monoisotopic (exact) mass is 436 g/mol. The van der Waals surface area contributed by atoms with E-state index in [4.69, 9.17) is 28.3 Å². The van der Waals surface area contributed by atoms with Crippen LogP contribution in [0.25, 0.3) is 0 Å². The maximum atomic E-state index is 12.4. The number of allylic oxidation sites excluding steroid dienone is 1. The van der Waals surface area contributed by atoms with Crippen LogP contribution in [-0.4, -0.2) is 76.7 Å². The van der Waals surface area contributed by atoms with E-state index in [0.29, 0.717) is 32.8 Å². The van der Waals surface area contributed by atoms with Crippen molar-refractivity contribution in [3.8, 4) is 0 Å². The SMILES string of the molecule is O=C(O)Nc1cc(Cl)cc(Cl)c1.O=C1C=C(N2CC2)C(=O)C(N2CC2)=C1N1CC1. The number of rotatable bonds is 4. The summed E-state index contributed by atoms with van der Waals surface area (Å²) in [4.78, 5) is 40.7. The van der Waals surface area contributed by atoms with Gasteiger partial charge < -0.3 is 19.8 Å². The normalized spacial score (nSPS) is 19.5. The Labute approximate surface area is 176 Å². The van der Waals surface area contributed by atoms with Gasteiger partial charge in [0.1, 0.15) is 11.4 Å². The number of anilines is 1. The quantitative estimate of drug-likeness (QED) is 0.552. The van der Waals surface area contributed by atoms with Crippen LogP contribution in [0, 0.1) is 0 Å². The van der Waals surface area contributed by atoms with Crippen molar-refractivity contribution in [1.82, 2.24) is 14.7 Å². The Morgan fingerprint density at radius 3 is 1.86 bits per heavy atom. The third-order valence-corrected chi connectivity index (χ3v) is 5.04. The van der Waals surface area contributed by atoms with Crippen molar-refractivity contribution in [2.75, 3.05) is 44.6 Å². The first-order valence-electron chi connectivity index (χ1n) is 9.09. The molecule has 1 amide bonds. The molecule has 0 spiro atoms. The first-order chi connectivity index (χ1) is 13.8. The summed E-state index contributed by atoms with van der Waals surface area (Å²) in [6.07, 6.45) is 0.379. The summed E-state index contributed by atoms with van der Waals surface area (Å²) in [7, 11) is 0. The van der Waals surface area contributed by atoms with Crippen LogP contribution in [0.2, 0.25) is 10.0 Å². The van der Waals surface area contributed by atoms with E-state index in [1.54, 1.807) is 0 Å². The zero-order valence-corrected chi connectivity index (χ0v) is 16.8. The van der Waals surface area contributed by atoms with Crippen molar-refractivity contribution < 1.29 is 19.5 Å². The summed E-state index contributed by atoms with van der Waals surface area (Å²) >= 11 is 11.2. The maximum absolute atomic E-state index is 12.4. The number of hydrogen-bond donors (Lipinski definition) is 2. The average Bonchev–Trinajstić information content (AvgIpc) is 3.47. The predicted molar refractivity (Wildman–Crippen MR) is 108 cm³/mol. The summed E-state index contributed by atoms with van der Waals surface area (Å²) < 4.78 is 0. The number of benzene rings is 1. The van der Waals surface area contributed by atoms with E-state index in [0.717, 1.165) is 39.3 Å². The minimum absolute atomic E-state index is 0.00546. The Morgan fingerprint density at radius 1 is 0.862 bits per heavy atom.